The number of benzene rings is 2. The number of methoxy groups -OCH3 is 2. The molecule has 0 radical (unpaired) electrons. The minimum atomic E-state index is -0.377. The fraction of sp³-hybridized carbons (Fsp3) is 0.250. The van der Waals surface area contributed by atoms with Crippen LogP contribution in [0.1, 0.15) is 17.2 Å². The summed E-state index contributed by atoms with van der Waals surface area (Å²) in [5.74, 6) is 0.610. The van der Waals surface area contributed by atoms with Gasteiger partial charge >= 0.3 is 0 Å². The lowest BCUT2D eigenvalue weighted by Gasteiger charge is -2.14. The maximum atomic E-state index is 13.7. The number of halogens is 2. The van der Waals surface area contributed by atoms with Crippen LogP contribution in [-0.4, -0.2) is 14.2 Å². The Morgan fingerprint density at radius 2 is 1.76 bits per heavy atom. The minimum Gasteiger partial charge on any atom is -0.496 e. The fourth-order valence-electron chi connectivity index (χ4n) is 2.12. The van der Waals surface area contributed by atoms with Gasteiger partial charge in [0.05, 0.1) is 18.7 Å². The van der Waals surface area contributed by atoms with Crippen LogP contribution in [0, 0.1) is 5.82 Å². The van der Waals surface area contributed by atoms with Crippen LogP contribution in [0.2, 0.25) is 0 Å². The Kier molecular flexibility index (Phi) is 5.20. The van der Waals surface area contributed by atoms with E-state index in [1.54, 1.807) is 13.2 Å². The van der Waals surface area contributed by atoms with E-state index in [9.17, 15) is 4.39 Å². The molecule has 0 aliphatic heterocycles. The molecule has 1 atom stereocenters. The Bertz CT molecular complexity index is 634. The van der Waals surface area contributed by atoms with Crippen LogP contribution >= 0.6 is 15.9 Å². The molecule has 0 aromatic heterocycles. The second-order valence-corrected chi connectivity index (χ2v) is 5.53. The van der Waals surface area contributed by atoms with Gasteiger partial charge in [-0.15, -0.1) is 0 Å². The van der Waals surface area contributed by atoms with Crippen LogP contribution in [0.5, 0.6) is 11.5 Å². The van der Waals surface area contributed by atoms with Gasteiger partial charge in [-0.05, 0) is 57.7 Å². The molecular formula is C16H17BrFNO2. The summed E-state index contributed by atoms with van der Waals surface area (Å²) in [6.07, 6.45) is 0.541. The monoisotopic (exact) mass is 353 g/mol. The quantitative estimate of drug-likeness (QED) is 0.887. The minimum absolute atomic E-state index is 0.222. The first kappa shape index (κ1) is 15.8. The standard InChI is InChI=1S/C16H17BrFNO2/c1-20-15-6-4-11(9-12(15)17)14(19)8-10-3-5-16(21-2)13(18)7-10/h3-7,9,14H,8,19H2,1-2H3. The van der Waals surface area contributed by atoms with Crippen LogP contribution in [0.3, 0.4) is 0 Å². The molecular weight excluding hydrogens is 337 g/mol. The van der Waals surface area contributed by atoms with Crippen molar-refractivity contribution in [3.8, 4) is 11.5 Å². The zero-order valence-electron chi connectivity index (χ0n) is 11.9. The number of nitrogens with two attached hydrogens (primary N) is 1. The van der Waals surface area contributed by atoms with Crippen molar-refractivity contribution in [2.75, 3.05) is 14.2 Å². The van der Waals surface area contributed by atoms with Gasteiger partial charge in [-0.25, -0.2) is 4.39 Å². The van der Waals surface area contributed by atoms with Gasteiger partial charge in [0.2, 0.25) is 0 Å². The summed E-state index contributed by atoms with van der Waals surface area (Å²) in [5.41, 5.74) is 7.98. The number of ether oxygens (including phenoxy) is 2. The second kappa shape index (κ2) is 6.91. The van der Waals surface area contributed by atoms with Crippen molar-refractivity contribution in [1.29, 1.82) is 0 Å². The van der Waals surface area contributed by atoms with Crippen molar-refractivity contribution < 1.29 is 13.9 Å². The molecule has 2 aromatic carbocycles. The van der Waals surface area contributed by atoms with E-state index in [2.05, 4.69) is 15.9 Å². The highest BCUT2D eigenvalue weighted by Gasteiger charge is 2.11. The van der Waals surface area contributed by atoms with E-state index in [1.807, 2.05) is 24.3 Å². The van der Waals surface area contributed by atoms with Crippen LogP contribution in [-0.2, 0) is 6.42 Å². The molecule has 1 unspecified atom stereocenters. The molecule has 0 fully saturated rings. The normalized spacial score (nSPS) is 12.0. The predicted octanol–water partition coefficient (Wildman–Crippen LogP) is 3.85. The van der Waals surface area contributed by atoms with E-state index in [0.717, 1.165) is 21.3 Å². The van der Waals surface area contributed by atoms with E-state index < -0.39 is 0 Å². The van der Waals surface area contributed by atoms with E-state index in [-0.39, 0.29) is 17.6 Å². The summed E-state index contributed by atoms with van der Waals surface area (Å²) in [4.78, 5) is 0. The SMILES string of the molecule is COc1ccc(CC(N)c2ccc(OC)c(Br)c2)cc1F. The first-order valence-electron chi connectivity index (χ1n) is 6.46. The summed E-state index contributed by atoms with van der Waals surface area (Å²) in [6, 6.07) is 10.4. The van der Waals surface area contributed by atoms with E-state index in [1.165, 1.54) is 13.2 Å². The average Bonchev–Trinajstić information content (AvgIpc) is 2.47. The number of hydrogen-bond donors (Lipinski definition) is 1. The van der Waals surface area contributed by atoms with Crippen LogP contribution in [0.25, 0.3) is 0 Å². The topological polar surface area (TPSA) is 44.5 Å². The summed E-state index contributed by atoms with van der Waals surface area (Å²) in [7, 11) is 3.05. The molecule has 0 saturated carbocycles. The Hall–Kier alpha value is -1.59. The molecule has 21 heavy (non-hydrogen) atoms. The molecule has 0 spiro atoms. The smallest absolute Gasteiger partial charge is 0.165 e. The molecule has 0 heterocycles. The maximum Gasteiger partial charge on any atom is 0.165 e. The zero-order chi connectivity index (χ0) is 15.4. The largest absolute Gasteiger partial charge is 0.496 e. The van der Waals surface area contributed by atoms with Gasteiger partial charge in [-0.2, -0.15) is 0 Å². The average molecular weight is 354 g/mol. The van der Waals surface area contributed by atoms with Crippen molar-refractivity contribution in [2.24, 2.45) is 5.73 Å². The molecule has 2 N–H and O–H groups in total. The highest BCUT2D eigenvalue weighted by Crippen LogP contribution is 2.29. The van der Waals surface area contributed by atoms with Gasteiger partial charge in [-0.1, -0.05) is 12.1 Å². The van der Waals surface area contributed by atoms with Crippen molar-refractivity contribution >= 4 is 15.9 Å². The Morgan fingerprint density at radius 3 is 2.33 bits per heavy atom. The van der Waals surface area contributed by atoms with E-state index in [4.69, 9.17) is 15.2 Å². The summed E-state index contributed by atoms with van der Waals surface area (Å²) >= 11 is 3.43. The number of hydrogen-bond acceptors (Lipinski definition) is 3. The summed E-state index contributed by atoms with van der Waals surface area (Å²) in [6.45, 7) is 0. The van der Waals surface area contributed by atoms with Crippen molar-refractivity contribution in [1.82, 2.24) is 0 Å². The lowest BCUT2D eigenvalue weighted by molar-refractivity contribution is 0.386. The molecule has 0 saturated heterocycles. The van der Waals surface area contributed by atoms with Gasteiger partial charge in [0, 0.05) is 6.04 Å². The third-order valence-electron chi connectivity index (χ3n) is 3.28. The molecule has 0 bridgehead atoms. The molecule has 2 rings (SSSR count). The molecule has 0 amide bonds. The van der Waals surface area contributed by atoms with Gasteiger partial charge in [0.1, 0.15) is 5.75 Å². The van der Waals surface area contributed by atoms with Crippen LogP contribution in [0.15, 0.2) is 40.9 Å². The first-order valence-corrected chi connectivity index (χ1v) is 7.26. The van der Waals surface area contributed by atoms with Crippen LogP contribution in [0.4, 0.5) is 4.39 Å². The van der Waals surface area contributed by atoms with Crippen molar-refractivity contribution in [2.45, 2.75) is 12.5 Å². The molecule has 3 nitrogen and oxygen atoms in total. The van der Waals surface area contributed by atoms with Crippen molar-refractivity contribution in [3.05, 3.63) is 57.8 Å². The Labute approximate surface area is 132 Å². The molecule has 5 heteroatoms. The predicted molar refractivity (Wildman–Crippen MR) is 84.3 cm³/mol. The Morgan fingerprint density at radius 1 is 1.10 bits per heavy atom. The van der Waals surface area contributed by atoms with Gasteiger partial charge in [0.15, 0.2) is 11.6 Å². The third kappa shape index (κ3) is 3.74. The van der Waals surface area contributed by atoms with Gasteiger partial charge in [0.25, 0.3) is 0 Å². The molecule has 0 aliphatic carbocycles. The van der Waals surface area contributed by atoms with E-state index >= 15 is 0 Å². The summed E-state index contributed by atoms with van der Waals surface area (Å²) in [5, 5.41) is 0. The highest BCUT2D eigenvalue weighted by atomic mass is 79.9. The van der Waals surface area contributed by atoms with Gasteiger partial charge < -0.3 is 15.2 Å². The molecule has 0 aliphatic rings. The second-order valence-electron chi connectivity index (χ2n) is 4.67. The highest BCUT2D eigenvalue weighted by molar-refractivity contribution is 9.10. The Balaban J connectivity index is 2.15. The lowest BCUT2D eigenvalue weighted by atomic mass is 9.99. The van der Waals surface area contributed by atoms with Crippen LogP contribution < -0.4 is 15.2 Å². The first-order chi connectivity index (χ1) is 10.0. The van der Waals surface area contributed by atoms with E-state index in [0.29, 0.717) is 6.42 Å². The fourth-order valence-corrected chi connectivity index (χ4v) is 2.68. The van der Waals surface area contributed by atoms with Crippen molar-refractivity contribution in [3.63, 3.8) is 0 Å². The lowest BCUT2D eigenvalue weighted by Crippen LogP contribution is -2.13. The zero-order valence-corrected chi connectivity index (χ0v) is 13.5. The summed E-state index contributed by atoms with van der Waals surface area (Å²) < 4.78 is 24.6. The van der Waals surface area contributed by atoms with Gasteiger partial charge in [-0.3, -0.25) is 0 Å². The molecule has 2 aromatic rings. The third-order valence-corrected chi connectivity index (χ3v) is 3.90. The number of rotatable bonds is 5. The maximum absolute atomic E-state index is 13.7. The molecule has 112 valence electrons.